The van der Waals surface area contributed by atoms with Crippen LogP contribution in [0.2, 0.25) is 0 Å². The molecule has 33 heavy (non-hydrogen) atoms. The highest BCUT2D eigenvalue weighted by atomic mass is 19.4. The third-order valence-corrected chi connectivity index (χ3v) is 6.07. The predicted molar refractivity (Wildman–Crippen MR) is 118 cm³/mol. The molecular weight excluding hydrogens is 435 g/mol. The summed E-state index contributed by atoms with van der Waals surface area (Å²) in [6, 6.07) is 13.2. The number of ether oxygens (including phenoxy) is 2. The number of anilines is 1. The molecule has 6 nitrogen and oxygen atoms in total. The van der Waals surface area contributed by atoms with E-state index in [-0.39, 0.29) is 18.6 Å². The second-order valence-electron chi connectivity index (χ2n) is 8.74. The average molecular weight is 464 g/mol. The molecule has 2 aliphatic rings. The standard InChI is InChI=1S/C24H28F3N3O3/c1-30(2)11-10-28-23(31)33-17-13-19-21(15-6-4-3-5-7-15)29-20-9-8-16(24(25,26)27)12-18(20)22(19)32-14-17/h3-9,12,17,19,21-22,29H,10-11,13-14H2,1-2H3,(H,28,31). The Morgan fingerprint density at radius 2 is 1.97 bits per heavy atom. The Kier molecular flexibility index (Phi) is 6.81. The van der Waals surface area contributed by atoms with Gasteiger partial charge in [-0.2, -0.15) is 13.2 Å². The van der Waals surface area contributed by atoms with E-state index >= 15 is 0 Å². The van der Waals surface area contributed by atoms with Gasteiger partial charge in [0.15, 0.2) is 0 Å². The first-order valence-corrected chi connectivity index (χ1v) is 11.0. The zero-order valence-corrected chi connectivity index (χ0v) is 18.6. The van der Waals surface area contributed by atoms with Crippen molar-refractivity contribution in [1.29, 1.82) is 0 Å². The average Bonchev–Trinajstić information content (AvgIpc) is 2.77. The fraction of sp³-hybridized carbons (Fsp3) is 0.458. The molecule has 1 fully saturated rings. The Morgan fingerprint density at radius 1 is 1.21 bits per heavy atom. The number of benzene rings is 2. The van der Waals surface area contributed by atoms with Crippen LogP contribution in [0.4, 0.5) is 23.7 Å². The lowest BCUT2D eigenvalue weighted by Crippen LogP contribution is -2.44. The lowest BCUT2D eigenvalue weighted by atomic mass is 9.76. The largest absolute Gasteiger partial charge is 0.444 e. The van der Waals surface area contributed by atoms with E-state index in [4.69, 9.17) is 9.47 Å². The molecule has 2 heterocycles. The molecule has 0 saturated carbocycles. The molecule has 0 spiro atoms. The molecule has 1 amide bonds. The van der Waals surface area contributed by atoms with Gasteiger partial charge in [-0.25, -0.2) is 4.79 Å². The monoisotopic (exact) mass is 463 g/mol. The number of carbonyl (C=O) groups is 1. The maximum atomic E-state index is 13.4. The summed E-state index contributed by atoms with van der Waals surface area (Å²) in [5.74, 6) is -0.211. The Morgan fingerprint density at radius 3 is 2.67 bits per heavy atom. The van der Waals surface area contributed by atoms with E-state index in [1.165, 1.54) is 6.07 Å². The summed E-state index contributed by atoms with van der Waals surface area (Å²) in [6.07, 6.45) is -5.53. The number of rotatable bonds is 5. The van der Waals surface area contributed by atoms with Crippen LogP contribution in [0.25, 0.3) is 0 Å². The van der Waals surface area contributed by atoms with Crippen LogP contribution in [0, 0.1) is 5.92 Å². The second kappa shape index (κ2) is 9.61. The summed E-state index contributed by atoms with van der Waals surface area (Å²) in [7, 11) is 3.81. The highest BCUT2D eigenvalue weighted by Gasteiger charge is 2.44. The quantitative estimate of drug-likeness (QED) is 0.678. The normalized spacial score (nSPS) is 24.4. The zero-order chi connectivity index (χ0) is 23.6. The number of alkyl halides is 3. The highest BCUT2D eigenvalue weighted by molar-refractivity contribution is 5.67. The van der Waals surface area contributed by atoms with Crippen LogP contribution in [0.15, 0.2) is 48.5 Å². The van der Waals surface area contributed by atoms with Crippen LogP contribution in [0.5, 0.6) is 0 Å². The molecule has 1 saturated heterocycles. The molecule has 2 aromatic carbocycles. The van der Waals surface area contributed by atoms with Crippen molar-refractivity contribution in [2.45, 2.75) is 30.8 Å². The van der Waals surface area contributed by atoms with Crippen molar-refractivity contribution in [3.8, 4) is 0 Å². The number of halogens is 3. The third-order valence-electron chi connectivity index (χ3n) is 6.07. The summed E-state index contributed by atoms with van der Waals surface area (Å²) >= 11 is 0. The lowest BCUT2D eigenvalue weighted by Gasteiger charge is -2.45. The summed E-state index contributed by atoms with van der Waals surface area (Å²) < 4.78 is 51.7. The van der Waals surface area contributed by atoms with Gasteiger partial charge in [0.1, 0.15) is 6.10 Å². The number of amides is 1. The van der Waals surface area contributed by atoms with Crippen molar-refractivity contribution in [1.82, 2.24) is 10.2 Å². The molecule has 0 radical (unpaired) electrons. The van der Waals surface area contributed by atoms with Gasteiger partial charge in [-0.3, -0.25) is 0 Å². The fourth-order valence-corrected chi connectivity index (χ4v) is 4.49. The molecule has 2 N–H and O–H groups in total. The number of hydrogen-bond donors (Lipinski definition) is 2. The van der Waals surface area contributed by atoms with Crippen LogP contribution in [-0.2, 0) is 15.7 Å². The van der Waals surface area contributed by atoms with E-state index in [0.717, 1.165) is 17.7 Å². The van der Waals surface area contributed by atoms with Crippen molar-refractivity contribution in [3.63, 3.8) is 0 Å². The van der Waals surface area contributed by atoms with Crippen molar-refractivity contribution in [2.75, 3.05) is 39.1 Å². The Balaban J connectivity index is 1.56. The van der Waals surface area contributed by atoms with Gasteiger partial charge >= 0.3 is 12.3 Å². The number of nitrogens with zero attached hydrogens (tertiary/aromatic N) is 1. The van der Waals surface area contributed by atoms with Gasteiger partial charge in [-0.15, -0.1) is 0 Å². The van der Waals surface area contributed by atoms with Crippen LogP contribution in [-0.4, -0.2) is 50.9 Å². The molecule has 9 heteroatoms. The summed E-state index contributed by atoms with van der Waals surface area (Å²) in [4.78, 5) is 14.2. The maximum absolute atomic E-state index is 13.4. The minimum Gasteiger partial charge on any atom is -0.444 e. The highest BCUT2D eigenvalue weighted by Crippen LogP contribution is 2.50. The molecule has 178 valence electrons. The molecule has 4 rings (SSSR count). The number of alkyl carbamates (subject to hydrolysis) is 1. The smallest absolute Gasteiger partial charge is 0.416 e. The molecule has 0 bridgehead atoms. The molecule has 4 atom stereocenters. The fourth-order valence-electron chi connectivity index (χ4n) is 4.49. The van der Waals surface area contributed by atoms with Crippen LogP contribution >= 0.6 is 0 Å². The topological polar surface area (TPSA) is 62.8 Å². The number of likely N-dealkylation sites (N-methyl/N-ethyl adjacent to an activating group) is 1. The lowest BCUT2D eigenvalue weighted by molar-refractivity contribution is -0.138. The van der Waals surface area contributed by atoms with Gasteiger partial charge in [0.05, 0.1) is 24.3 Å². The molecule has 2 aromatic rings. The van der Waals surface area contributed by atoms with E-state index in [9.17, 15) is 18.0 Å². The van der Waals surface area contributed by atoms with Crippen molar-refractivity contribution in [2.24, 2.45) is 5.92 Å². The number of fused-ring (bicyclic) bond motifs is 3. The number of carbonyl (C=O) groups excluding carboxylic acids is 1. The Hall–Kier alpha value is -2.78. The first kappa shape index (κ1) is 23.4. The SMILES string of the molecule is CN(C)CCNC(=O)OC1COC2c3cc(C(F)(F)F)ccc3NC(c3ccccc3)C2C1. The molecule has 0 aliphatic carbocycles. The zero-order valence-electron chi connectivity index (χ0n) is 18.6. The van der Waals surface area contributed by atoms with Crippen molar-refractivity contribution < 1.29 is 27.4 Å². The molecule has 4 unspecified atom stereocenters. The van der Waals surface area contributed by atoms with E-state index < -0.39 is 30.0 Å². The van der Waals surface area contributed by atoms with Gasteiger partial charge in [-0.1, -0.05) is 30.3 Å². The minimum absolute atomic E-state index is 0.124. The first-order chi connectivity index (χ1) is 15.7. The van der Waals surface area contributed by atoms with Gasteiger partial charge in [-0.05, 0) is 44.3 Å². The Bertz CT molecular complexity index is 968. The van der Waals surface area contributed by atoms with Gasteiger partial charge in [0.2, 0.25) is 0 Å². The first-order valence-electron chi connectivity index (χ1n) is 11.0. The van der Waals surface area contributed by atoms with E-state index in [1.807, 2.05) is 49.3 Å². The molecular formula is C24H28F3N3O3. The molecule has 2 aliphatic heterocycles. The van der Waals surface area contributed by atoms with Gasteiger partial charge in [0.25, 0.3) is 0 Å². The van der Waals surface area contributed by atoms with E-state index in [2.05, 4.69) is 10.6 Å². The minimum atomic E-state index is -4.44. The van der Waals surface area contributed by atoms with Crippen LogP contribution < -0.4 is 10.6 Å². The number of nitrogens with one attached hydrogen (secondary N) is 2. The van der Waals surface area contributed by atoms with Crippen molar-refractivity contribution >= 4 is 11.8 Å². The second-order valence-corrected chi connectivity index (χ2v) is 8.74. The Labute approximate surface area is 191 Å². The predicted octanol–water partition coefficient (Wildman–Crippen LogP) is 4.61. The maximum Gasteiger partial charge on any atom is 0.416 e. The molecule has 0 aromatic heterocycles. The van der Waals surface area contributed by atoms with E-state index in [1.54, 1.807) is 0 Å². The van der Waals surface area contributed by atoms with Gasteiger partial charge < -0.3 is 25.0 Å². The van der Waals surface area contributed by atoms with Crippen LogP contribution in [0.3, 0.4) is 0 Å². The third kappa shape index (κ3) is 5.42. The van der Waals surface area contributed by atoms with Crippen molar-refractivity contribution in [3.05, 3.63) is 65.2 Å². The summed E-state index contributed by atoms with van der Waals surface area (Å²) in [5, 5.41) is 6.12. The summed E-state index contributed by atoms with van der Waals surface area (Å²) in [6.45, 7) is 1.26. The van der Waals surface area contributed by atoms with Crippen LogP contribution in [0.1, 0.15) is 35.3 Å². The van der Waals surface area contributed by atoms with E-state index in [0.29, 0.717) is 30.8 Å². The summed E-state index contributed by atoms with van der Waals surface area (Å²) in [5.41, 5.74) is 1.40. The van der Waals surface area contributed by atoms with Gasteiger partial charge in [0, 0.05) is 30.3 Å². The number of hydrogen-bond acceptors (Lipinski definition) is 5.